The molecule has 2 aromatic rings. The number of piperidine rings is 1. The Morgan fingerprint density at radius 2 is 1.63 bits per heavy atom. The summed E-state index contributed by atoms with van der Waals surface area (Å²) in [6.07, 6.45) is 9.62. The van der Waals surface area contributed by atoms with Crippen LogP contribution in [0.1, 0.15) is 73.2 Å². The van der Waals surface area contributed by atoms with Gasteiger partial charge in [0.15, 0.2) is 0 Å². The highest BCUT2D eigenvalue weighted by atomic mass is 32.2. The van der Waals surface area contributed by atoms with Crippen molar-refractivity contribution in [2.24, 2.45) is 5.41 Å². The average molecular weight is 603 g/mol. The molecule has 4 aliphatic rings. The summed E-state index contributed by atoms with van der Waals surface area (Å²) in [5.74, 6) is -0.597. The van der Waals surface area contributed by atoms with Crippen molar-refractivity contribution in [3.63, 3.8) is 0 Å². The predicted molar refractivity (Wildman–Crippen MR) is 161 cm³/mol. The first-order valence-corrected chi connectivity index (χ1v) is 17.9. The molecule has 2 heterocycles. The van der Waals surface area contributed by atoms with Crippen LogP contribution in [0.5, 0.6) is 0 Å². The minimum Gasteiger partial charge on any atom is -0.395 e. The lowest BCUT2D eigenvalue weighted by Crippen LogP contribution is -2.39. The zero-order valence-electron chi connectivity index (χ0n) is 23.3. The smallest absolute Gasteiger partial charge is 0.257 e. The normalized spacial score (nSPS) is 23.2. The van der Waals surface area contributed by atoms with Crippen LogP contribution in [0.2, 0.25) is 0 Å². The van der Waals surface area contributed by atoms with Crippen LogP contribution in [0.3, 0.4) is 0 Å². The van der Waals surface area contributed by atoms with Crippen LogP contribution >= 0.6 is 0 Å². The lowest BCUT2D eigenvalue weighted by Gasteiger charge is -2.35. The molecule has 0 bridgehead atoms. The SMILES string of the molecule is CS(=O)(=O)N1c2cc(NC(=O)c3ccc(NS(=O)(=O)CCO)cc3N3CCC4(CC3)CC4)ccc2C2CCCCC21. The van der Waals surface area contributed by atoms with Gasteiger partial charge in [-0.1, -0.05) is 18.9 Å². The number of aliphatic hydroxyl groups excluding tert-OH is 1. The molecule has 0 radical (unpaired) electrons. The standard InChI is InChI=1S/C29H38N4O6S2/c1-40(36,37)33-25-5-3-2-4-22(25)23-8-6-20(18-27(23)33)30-28(35)24-9-7-21(31-41(38,39)17-16-34)19-26(24)32-14-12-29(10-11-29)13-15-32/h6-9,18-19,22,25,31,34H,2-5,10-17H2,1H3,(H,30,35). The molecule has 2 atom stereocenters. The Bertz CT molecular complexity index is 1560. The number of amides is 1. The third-order valence-corrected chi connectivity index (χ3v) is 11.8. The number of benzene rings is 2. The molecule has 222 valence electrons. The van der Waals surface area contributed by atoms with Gasteiger partial charge in [0, 0.05) is 24.7 Å². The molecule has 2 saturated carbocycles. The topological polar surface area (TPSA) is 136 Å². The quantitative estimate of drug-likeness (QED) is 0.418. The lowest BCUT2D eigenvalue weighted by atomic mass is 9.83. The van der Waals surface area contributed by atoms with E-state index in [1.807, 2.05) is 12.1 Å². The number of fused-ring (bicyclic) bond motifs is 3. The minimum absolute atomic E-state index is 0.0812. The van der Waals surface area contributed by atoms with E-state index in [0.717, 1.165) is 57.2 Å². The van der Waals surface area contributed by atoms with Crippen molar-refractivity contribution in [1.82, 2.24) is 0 Å². The summed E-state index contributed by atoms with van der Waals surface area (Å²) in [7, 11) is -7.22. The van der Waals surface area contributed by atoms with Crippen LogP contribution < -0.4 is 19.2 Å². The number of hydrogen-bond acceptors (Lipinski definition) is 7. The molecule has 2 aliphatic heterocycles. The molecule has 2 aromatic carbocycles. The Labute approximate surface area is 242 Å². The van der Waals surface area contributed by atoms with E-state index in [9.17, 15) is 21.6 Å². The molecule has 41 heavy (non-hydrogen) atoms. The van der Waals surface area contributed by atoms with Gasteiger partial charge >= 0.3 is 0 Å². The van der Waals surface area contributed by atoms with Crippen molar-refractivity contribution in [3.8, 4) is 0 Å². The molecule has 1 amide bonds. The van der Waals surface area contributed by atoms with Crippen LogP contribution in [0.25, 0.3) is 0 Å². The first-order chi connectivity index (χ1) is 19.5. The van der Waals surface area contributed by atoms with Crippen molar-refractivity contribution < 1.29 is 26.7 Å². The van der Waals surface area contributed by atoms with Crippen molar-refractivity contribution in [1.29, 1.82) is 0 Å². The summed E-state index contributed by atoms with van der Waals surface area (Å²) < 4.78 is 54.3. The second-order valence-electron chi connectivity index (χ2n) is 12.1. The van der Waals surface area contributed by atoms with Gasteiger partial charge in [-0.25, -0.2) is 16.8 Å². The Kier molecular flexibility index (Phi) is 7.22. The fraction of sp³-hybridized carbons (Fsp3) is 0.552. The van der Waals surface area contributed by atoms with E-state index in [1.165, 1.54) is 19.1 Å². The number of anilines is 4. The van der Waals surface area contributed by atoms with E-state index in [1.54, 1.807) is 28.6 Å². The highest BCUT2D eigenvalue weighted by molar-refractivity contribution is 7.92. The maximum atomic E-state index is 13.7. The van der Waals surface area contributed by atoms with E-state index in [2.05, 4.69) is 14.9 Å². The number of sulfonamides is 2. The molecule has 0 aromatic heterocycles. The van der Waals surface area contributed by atoms with Gasteiger partial charge in [-0.15, -0.1) is 0 Å². The molecule has 3 fully saturated rings. The van der Waals surface area contributed by atoms with Crippen LogP contribution in [-0.4, -0.2) is 65.6 Å². The molecule has 1 saturated heterocycles. The molecule has 10 nitrogen and oxygen atoms in total. The number of nitrogens with zero attached hydrogens (tertiary/aromatic N) is 2. The number of carbonyl (C=O) groups excluding carboxylic acids is 1. The molecular weight excluding hydrogens is 564 g/mol. The molecular formula is C29H38N4O6S2. The first-order valence-electron chi connectivity index (χ1n) is 14.4. The summed E-state index contributed by atoms with van der Waals surface area (Å²) in [6, 6.07) is 10.3. The van der Waals surface area contributed by atoms with Crippen LogP contribution in [0.4, 0.5) is 22.7 Å². The van der Waals surface area contributed by atoms with Gasteiger partial charge in [0.25, 0.3) is 5.91 Å². The van der Waals surface area contributed by atoms with Gasteiger partial charge in [0.1, 0.15) is 0 Å². The number of hydrogen-bond donors (Lipinski definition) is 3. The van der Waals surface area contributed by atoms with E-state index >= 15 is 0 Å². The fourth-order valence-corrected chi connectivity index (χ4v) is 9.07. The second kappa shape index (κ2) is 10.5. The van der Waals surface area contributed by atoms with E-state index in [4.69, 9.17) is 5.11 Å². The summed E-state index contributed by atoms with van der Waals surface area (Å²) in [6.45, 7) is 1.06. The molecule has 2 aliphatic carbocycles. The summed E-state index contributed by atoms with van der Waals surface area (Å²) in [4.78, 5) is 15.8. The van der Waals surface area contributed by atoms with Crippen LogP contribution in [0, 0.1) is 5.41 Å². The Balaban J connectivity index is 1.29. The Morgan fingerprint density at radius 1 is 0.951 bits per heavy atom. The highest BCUT2D eigenvalue weighted by Gasteiger charge is 2.45. The fourth-order valence-electron chi connectivity index (χ4n) is 6.98. The zero-order valence-corrected chi connectivity index (χ0v) is 24.9. The Hall–Kier alpha value is -2.83. The van der Waals surface area contributed by atoms with Crippen LogP contribution in [0.15, 0.2) is 36.4 Å². The third kappa shape index (κ3) is 5.65. The van der Waals surface area contributed by atoms with Gasteiger partial charge in [-0.3, -0.25) is 13.8 Å². The average Bonchev–Trinajstić information content (AvgIpc) is 3.58. The van der Waals surface area contributed by atoms with E-state index in [0.29, 0.717) is 33.7 Å². The Morgan fingerprint density at radius 3 is 2.32 bits per heavy atom. The van der Waals surface area contributed by atoms with Gasteiger partial charge in [0.05, 0.1) is 47.3 Å². The molecule has 1 spiro atoms. The molecule has 2 unspecified atom stereocenters. The number of carbonyl (C=O) groups is 1. The lowest BCUT2D eigenvalue weighted by molar-refractivity contribution is 0.102. The highest BCUT2D eigenvalue weighted by Crippen LogP contribution is 2.54. The van der Waals surface area contributed by atoms with Crippen LogP contribution in [-0.2, 0) is 20.0 Å². The second-order valence-corrected chi connectivity index (χ2v) is 15.8. The number of nitrogens with one attached hydrogen (secondary N) is 2. The monoisotopic (exact) mass is 602 g/mol. The van der Waals surface area contributed by atoms with Crippen molar-refractivity contribution in [2.45, 2.75) is 63.3 Å². The summed E-state index contributed by atoms with van der Waals surface area (Å²) in [5, 5.41) is 12.1. The summed E-state index contributed by atoms with van der Waals surface area (Å²) in [5.41, 5.74) is 3.98. The largest absolute Gasteiger partial charge is 0.395 e. The van der Waals surface area contributed by atoms with Crippen molar-refractivity contribution >= 4 is 48.7 Å². The van der Waals surface area contributed by atoms with Crippen molar-refractivity contribution in [2.75, 3.05) is 50.9 Å². The summed E-state index contributed by atoms with van der Waals surface area (Å²) >= 11 is 0. The van der Waals surface area contributed by atoms with Gasteiger partial charge in [0.2, 0.25) is 20.0 Å². The van der Waals surface area contributed by atoms with Gasteiger partial charge < -0.3 is 15.3 Å². The van der Waals surface area contributed by atoms with Crippen molar-refractivity contribution in [3.05, 3.63) is 47.5 Å². The minimum atomic E-state index is -3.73. The van der Waals surface area contributed by atoms with E-state index in [-0.39, 0.29) is 17.9 Å². The van der Waals surface area contributed by atoms with Gasteiger partial charge in [-0.2, -0.15) is 0 Å². The third-order valence-electron chi connectivity index (χ3n) is 9.31. The zero-order chi connectivity index (χ0) is 29.0. The molecule has 12 heteroatoms. The molecule has 3 N–H and O–H groups in total. The van der Waals surface area contributed by atoms with E-state index < -0.39 is 32.4 Å². The molecule has 6 rings (SSSR count). The first kappa shape index (κ1) is 28.3. The maximum Gasteiger partial charge on any atom is 0.257 e. The number of rotatable bonds is 8. The van der Waals surface area contributed by atoms with Gasteiger partial charge in [-0.05, 0) is 79.8 Å². The predicted octanol–water partition coefficient (Wildman–Crippen LogP) is 3.86. The maximum absolute atomic E-state index is 13.7. The number of aliphatic hydroxyl groups is 1.